The molecule has 2 N–H and O–H groups in total. The maximum Gasteiger partial charge on any atom is 0.472 e. The van der Waals surface area contributed by atoms with Crippen molar-refractivity contribution in [1.29, 1.82) is 0 Å². The highest BCUT2D eigenvalue weighted by Crippen LogP contribution is 2.43. The number of quaternary nitrogens is 1. The zero-order valence-corrected chi connectivity index (χ0v) is 23.7. The number of likely N-dealkylation sites (N-methyl/N-ethyl adjacent to an activating group) is 1. The molecule has 0 fully saturated rings. The smallest absolute Gasteiger partial charge is 0.394 e. The Morgan fingerprint density at radius 1 is 0.706 bits per heavy atom. The average Bonchev–Trinajstić information content (AvgIpc) is 2.76. The highest BCUT2D eigenvalue weighted by atomic mass is 31.2. The predicted octanol–water partition coefficient (Wildman–Crippen LogP) is 6.47. The molecule has 0 aromatic carbocycles. The second-order valence-electron chi connectivity index (χ2n) is 10.6. The summed E-state index contributed by atoms with van der Waals surface area (Å²) in [5.41, 5.74) is 0. The molecule has 0 aliphatic rings. The number of unbranched alkanes of at least 4 members (excludes halogenated alkanes) is 15. The van der Waals surface area contributed by atoms with E-state index in [1.165, 1.54) is 89.9 Å². The summed E-state index contributed by atoms with van der Waals surface area (Å²) in [6.07, 6.45) is 20.5. The molecule has 0 heterocycles. The molecule has 0 rings (SSSR count). The van der Waals surface area contributed by atoms with Crippen LogP contribution >= 0.6 is 7.82 Å². The van der Waals surface area contributed by atoms with Crippen LogP contribution in [0.4, 0.5) is 0 Å². The van der Waals surface area contributed by atoms with Crippen molar-refractivity contribution in [3.63, 3.8) is 0 Å². The number of nitrogens with zero attached hydrogens (tertiary/aromatic N) is 1. The molecule has 0 aliphatic carbocycles. The highest BCUT2D eigenvalue weighted by molar-refractivity contribution is 7.47. The van der Waals surface area contributed by atoms with Crippen LogP contribution in [0.1, 0.15) is 110 Å². The van der Waals surface area contributed by atoms with Gasteiger partial charge in [0.05, 0.1) is 34.4 Å². The molecule has 0 aliphatic heterocycles. The van der Waals surface area contributed by atoms with Crippen LogP contribution in [0.5, 0.6) is 0 Å². The van der Waals surface area contributed by atoms with Gasteiger partial charge in [-0.05, 0) is 6.42 Å². The second kappa shape index (κ2) is 22.2. The van der Waals surface area contributed by atoms with Gasteiger partial charge in [0.1, 0.15) is 19.3 Å². The van der Waals surface area contributed by atoms with Crippen LogP contribution in [-0.4, -0.2) is 74.7 Å². The Morgan fingerprint density at radius 3 is 1.56 bits per heavy atom. The minimum Gasteiger partial charge on any atom is -0.394 e. The summed E-state index contributed by atoms with van der Waals surface area (Å²) >= 11 is 0. The Balaban J connectivity index is 3.51. The molecule has 34 heavy (non-hydrogen) atoms. The number of hydrogen-bond donors (Lipinski definition) is 2. The SMILES string of the molecule is CCCCCCCCCCCCCCCCCCO[C@@H](CO)COP(=O)(O)OCC[N+](C)(C)C. The Hall–Kier alpha value is -0.0100. The van der Waals surface area contributed by atoms with Crippen LogP contribution in [0.3, 0.4) is 0 Å². The maximum atomic E-state index is 11.9. The maximum absolute atomic E-state index is 11.9. The summed E-state index contributed by atoms with van der Waals surface area (Å²) in [6, 6.07) is 0. The summed E-state index contributed by atoms with van der Waals surface area (Å²) in [4.78, 5) is 9.74. The number of phosphoric acid groups is 1. The molecule has 7 nitrogen and oxygen atoms in total. The zero-order valence-electron chi connectivity index (χ0n) is 22.8. The van der Waals surface area contributed by atoms with Gasteiger partial charge in [0, 0.05) is 6.61 Å². The van der Waals surface area contributed by atoms with Gasteiger partial charge in [-0.15, -0.1) is 0 Å². The first-order valence-corrected chi connectivity index (χ1v) is 15.3. The lowest BCUT2D eigenvalue weighted by Gasteiger charge is -2.24. The first kappa shape index (κ1) is 34.0. The molecule has 0 radical (unpaired) electrons. The number of ether oxygens (including phenoxy) is 1. The average molecular weight is 511 g/mol. The molecular formula is C26H57NO6P+. The van der Waals surface area contributed by atoms with Gasteiger partial charge in [0.2, 0.25) is 0 Å². The molecule has 0 spiro atoms. The van der Waals surface area contributed by atoms with Gasteiger partial charge in [0.25, 0.3) is 0 Å². The molecule has 206 valence electrons. The highest BCUT2D eigenvalue weighted by Gasteiger charge is 2.24. The van der Waals surface area contributed by atoms with E-state index < -0.39 is 13.9 Å². The van der Waals surface area contributed by atoms with Crippen molar-refractivity contribution in [3.05, 3.63) is 0 Å². The quantitative estimate of drug-likeness (QED) is 0.0788. The lowest BCUT2D eigenvalue weighted by molar-refractivity contribution is -0.870. The Bertz CT molecular complexity index is 486. The van der Waals surface area contributed by atoms with Crippen molar-refractivity contribution in [3.8, 4) is 0 Å². The van der Waals surface area contributed by atoms with Crippen LogP contribution in [-0.2, 0) is 18.3 Å². The largest absolute Gasteiger partial charge is 0.472 e. The molecular weight excluding hydrogens is 453 g/mol. The molecule has 0 bridgehead atoms. The Morgan fingerprint density at radius 2 is 1.15 bits per heavy atom. The van der Waals surface area contributed by atoms with Crippen LogP contribution < -0.4 is 0 Å². The number of hydrogen-bond acceptors (Lipinski definition) is 5. The standard InChI is InChI=1S/C26H56NO6P/c1-5-6-7-8-9-10-11-12-13-14-15-16-17-18-19-20-22-31-26(24-28)25-33-34(29,30)32-23-21-27(2,3)4/h26,28H,5-25H2,1-4H3/p+1/t26-/m0/s1. The van der Waals surface area contributed by atoms with Crippen molar-refractivity contribution >= 4 is 7.82 Å². The van der Waals surface area contributed by atoms with Crippen molar-refractivity contribution < 1.29 is 32.8 Å². The van der Waals surface area contributed by atoms with Crippen LogP contribution in [0.15, 0.2) is 0 Å². The summed E-state index contributed by atoms with van der Waals surface area (Å²) in [7, 11) is 1.80. The van der Waals surface area contributed by atoms with Gasteiger partial charge < -0.3 is 19.2 Å². The van der Waals surface area contributed by atoms with Gasteiger partial charge >= 0.3 is 7.82 Å². The van der Waals surface area contributed by atoms with E-state index in [2.05, 4.69) is 6.92 Å². The van der Waals surface area contributed by atoms with E-state index in [1.54, 1.807) is 0 Å². The monoisotopic (exact) mass is 510 g/mol. The third-order valence-corrected chi connectivity index (χ3v) is 6.98. The minimum atomic E-state index is -4.12. The van der Waals surface area contributed by atoms with E-state index in [4.69, 9.17) is 13.8 Å². The van der Waals surface area contributed by atoms with E-state index in [0.717, 1.165) is 12.8 Å². The number of phosphoric ester groups is 1. The number of aliphatic hydroxyl groups excluding tert-OH is 1. The van der Waals surface area contributed by atoms with Gasteiger partial charge in [-0.2, -0.15) is 0 Å². The molecule has 1 unspecified atom stereocenters. The first-order valence-electron chi connectivity index (χ1n) is 13.8. The minimum absolute atomic E-state index is 0.126. The van der Waals surface area contributed by atoms with E-state index in [1.807, 2.05) is 21.1 Å². The van der Waals surface area contributed by atoms with Crippen LogP contribution in [0.25, 0.3) is 0 Å². The van der Waals surface area contributed by atoms with Crippen LogP contribution in [0.2, 0.25) is 0 Å². The van der Waals surface area contributed by atoms with Crippen molar-refractivity contribution in [1.82, 2.24) is 0 Å². The van der Waals surface area contributed by atoms with Gasteiger partial charge in [-0.3, -0.25) is 9.05 Å². The van der Waals surface area contributed by atoms with E-state index in [9.17, 15) is 14.6 Å². The normalized spacial score (nSPS) is 14.9. The number of aliphatic hydroxyl groups is 1. The fourth-order valence-corrected chi connectivity index (χ4v) is 4.44. The Kier molecular flexibility index (Phi) is 22.2. The molecule has 0 aromatic heterocycles. The third kappa shape index (κ3) is 25.1. The van der Waals surface area contributed by atoms with Crippen LogP contribution in [0, 0.1) is 0 Å². The fourth-order valence-electron chi connectivity index (χ4n) is 3.70. The topological polar surface area (TPSA) is 85.2 Å². The molecule has 8 heteroatoms. The third-order valence-electron chi connectivity index (χ3n) is 6.00. The fraction of sp³-hybridized carbons (Fsp3) is 1.00. The summed E-state index contributed by atoms with van der Waals surface area (Å²) < 4.78 is 28.1. The molecule has 0 amide bonds. The molecule has 0 aromatic rings. The second-order valence-corrected chi connectivity index (χ2v) is 12.0. The number of rotatable bonds is 26. The predicted molar refractivity (Wildman–Crippen MR) is 141 cm³/mol. The summed E-state index contributed by atoms with van der Waals surface area (Å²) in [5, 5.41) is 9.42. The van der Waals surface area contributed by atoms with Gasteiger partial charge in [-0.25, -0.2) is 4.57 Å². The van der Waals surface area contributed by atoms with Crippen molar-refractivity contribution in [2.45, 2.75) is 116 Å². The summed E-state index contributed by atoms with van der Waals surface area (Å²) in [5.74, 6) is 0. The molecule has 2 atom stereocenters. The van der Waals surface area contributed by atoms with Crippen molar-refractivity contribution in [2.75, 3.05) is 54.1 Å². The summed E-state index contributed by atoms with van der Waals surface area (Å²) in [6.45, 7) is 3.09. The molecule has 0 saturated heterocycles. The van der Waals surface area contributed by atoms with E-state index in [0.29, 0.717) is 17.6 Å². The zero-order chi connectivity index (χ0) is 25.5. The lowest BCUT2D eigenvalue weighted by atomic mass is 10.0. The van der Waals surface area contributed by atoms with E-state index in [-0.39, 0.29) is 19.8 Å². The van der Waals surface area contributed by atoms with Gasteiger partial charge in [0.15, 0.2) is 0 Å². The molecule has 0 saturated carbocycles. The first-order chi connectivity index (χ1) is 16.2. The van der Waals surface area contributed by atoms with Crippen molar-refractivity contribution in [2.24, 2.45) is 0 Å². The Labute approximate surface area is 210 Å². The lowest BCUT2D eigenvalue weighted by Crippen LogP contribution is -2.37. The van der Waals surface area contributed by atoms with Gasteiger partial charge in [-0.1, -0.05) is 103 Å². The van der Waals surface area contributed by atoms with E-state index >= 15 is 0 Å².